The molecule has 1 heterocycles. The second-order valence-electron chi connectivity index (χ2n) is 6.31. The maximum Gasteiger partial charge on any atom is 0.131 e. The number of rotatable bonds is 6. The number of aromatic nitrogens is 1. The quantitative estimate of drug-likeness (QED) is 0.822. The number of nitrogens with one attached hydrogen (secondary N) is 1. The zero-order valence-corrected chi connectivity index (χ0v) is 12.4. The molecule has 1 aromatic rings. The third-order valence-corrected chi connectivity index (χ3v) is 3.27. The predicted molar refractivity (Wildman–Crippen MR) is 78.4 cm³/mol. The summed E-state index contributed by atoms with van der Waals surface area (Å²) in [5.41, 5.74) is 1.67. The molecule has 2 N–H and O–H groups in total. The molecule has 4 heteroatoms. The van der Waals surface area contributed by atoms with E-state index in [9.17, 15) is 5.11 Å². The summed E-state index contributed by atoms with van der Waals surface area (Å²) in [4.78, 5) is 6.54. The van der Waals surface area contributed by atoms with Crippen molar-refractivity contribution in [2.45, 2.75) is 51.8 Å². The lowest BCUT2D eigenvalue weighted by molar-refractivity contribution is 0.0884. The van der Waals surface area contributed by atoms with E-state index in [4.69, 9.17) is 0 Å². The van der Waals surface area contributed by atoms with E-state index in [0.717, 1.165) is 24.0 Å². The minimum Gasteiger partial charge on any atom is -0.389 e. The number of likely N-dealkylation sites (N-methyl/N-ethyl adjacent to an activating group) is 1. The lowest BCUT2D eigenvalue weighted by Gasteiger charge is -2.27. The van der Waals surface area contributed by atoms with E-state index in [1.165, 1.54) is 18.4 Å². The standard InChI is InChI=1S/C15H25N3O/c1-11-7-12(8-16-13-5-6-13)9-17-14(11)18(4)10-15(2,3)19/h7,9,13,16,19H,5-6,8,10H2,1-4H3. The number of hydrogen-bond donors (Lipinski definition) is 2. The Labute approximate surface area is 115 Å². The molecule has 0 aromatic carbocycles. The highest BCUT2D eigenvalue weighted by Gasteiger charge is 2.20. The highest BCUT2D eigenvalue weighted by molar-refractivity contribution is 5.47. The van der Waals surface area contributed by atoms with Crippen LogP contribution in [0.5, 0.6) is 0 Å². The summed E-state index contributed by atoms with van der Waals surface area (Å²) in [6.45, 7) is 7.16. The average molecular weight is 263 g/mol. The van der Waals surface area contributed by atoms with Crippen LogP contribution in [0.3, 0.4) is 0 Å². The second kappa shape index (κ2) is 5.47. The normalized spacial score (nSPS) is 15.6. The third-order valence-electron chi connectivity index (χ3n) is 3.27. The Morgan fingerprint density at radius 3 is 2.68 bits per heavy atom. The molecule has 1 aliphatic carbocycles. The average Bonchev–Trinajstić information content (AvgIpc) is 3.07. The van der Waals surface area contributed by atoms with Gasteiger partial charge in [-0.2, -0.15) is 0 Å². The van der Waals surface area contributed by atoms with Crippen LogP contribution in [0.4, 0.5) is 5.82 Å². The largest absolute Gasteiger partial charge is 0.389 e. The van der Waals surface area contributed by atoms with Gasteiger partial charge in [0.05, 0.1) is 5.60 Å². The van der Waals surface area contributed by atoms with Gasteiger partial charge in [-0.05, 0) is 50.8 Å². The number of nitrogens with zero attached hydrogens (tertiary/aromatic N) is 2. The van der Waals surface area contributed by atoms with Crippen molar-refractivity contribution in [1.82, 2.24) is 10.3 Å². The lowest BCUT2D eigenvalue weighted by atomic mass is 10.1. The molecule has 0 atom stereocenters. The van der Waals surface area contributed by atoms with E-state index < -0.39 is 5.60 Å². The van der Waals surface area contributed by atoms with Crippen molar-refractivity contribution in [1.29, 1.82) is 0 Å². The van der Waals surface area contributed by atoms with E-state index in [1.807, 2.05) is 32.0 Å². The molecule has 0 unspecified atom stereocenters. The molecule has 0 spiro atoms. The Morgan fingerprint density at radius 1 is 1.47 bits per heavy atom. The van der Waals surface area contributed by atoms with Crippen LogP contribution in [-0.4, -0.2) is 35.3 Å². The SMILES string of the molecule is Cc1cc(CNC2CC2)cnc1N(C)CC(C)(C)O. The molecule has 4 nitrogen and oxygen atoms in total. The van der Waals surface area contributed by atoms with E-state index in [1.54, 1.807) is 0 Å². The van der Waals surface area contributed by atoms with E-state index >= 15 is 0 Å². The van der Waals surface area contributed by atoms with Crippen molar-refractivity contribution < 1.29 is 5.11 Å². The maximum absolute atomic E-state index is 9.87. The summed E-state index contributed by atoms with van der Waals surface area (Å²) in [6, 6.07) is 2.90. The Balaban J connectivity index is 2.00. The number of hydrogen-bond acceptors (Lipinski definition) is 4. The van der Waals surface area contributed by atoms with Gasteiger partial charge in [-0.1, -0.05) is 0 Å². The number of pyridine rings is 1. The topological polar surface area (TPSA) is 48.4 Å². The van der Waals surface area contributed by atoms with Gasteiger partial charge >= 0.3 is 0 Å². The molecule has 0 amide bonds. The zero-order chi connectivity index (χ0) is 14.0. The molecule has 0 radical (unpaired) electrons. The van der Waals surface area contributed by atoms with Gasteiger partial charge in [0, 0.05) is 32.4 Å². The van der Waals surface area contributed by atoms with E-state index in [0.29, 0.717) is 6.54 Å². The van der Waals surface area contributed by atoms with Gasteiger partial charge in [-0.15, -0.1) is 0 Å². The minimum atomic E-state index is -0.713. The van der Waals surface area contributed by atoms with Crippen molar-refractivity contribution in [2.24, 2.45) is 0 Å². The Morgan fingerprint density at radius 2 is 2.16 bits per heavy atom. The summed E-state index contributed by atoms with van der Waals surface area (Å²) >= 11 is 0. The molecule has 106 valence electrons. The molecule has 0 saturated heterocycles. The fraction of sp³-hybridized carbons (Fsp3) is 0.667. The van der Waals surface area contributed by atoms with Crippen LogP contribution in [0.1, 0.15) is 37.8 Å². The van der Waals surface area contributed by atoms with Crippen LogP contribution in [-0.2, 0) is 6.54 Å². The monoisotopic (exact) mass is 263 g/mol. The summed E-state index contributed by atoms with van der Waals surface area (Å²) < 4.78 is 0. The third kappa shape index (κ3) is 4.48. The Bertz CT molecular complexity index is 436. The van der Waals surface area contributed by atoms with E-state index in [-0.39, 0.29) is 0 Å². The van der Waals surface area contributed by atoms with Crippen molar-refractivity contribution in [2.75, 3.05) is 18.5 Å². The number of anilines is 1. The second-order valence-corrected chi connectivity index (χ2v) is 6.31. The van der Waals surface area contributed by atoms with Crippen LogP contribution in [0.2, 0.25) is 0 Å². The van der Waals surface area contributed by atoms with Gasteiger partial charge in [-0.3, -0.25) is 0 Å². The van der Waals surface area contributed by atoms with Gasteiger partial charge < -0.3 is 15.3 Å². The van der Waals surface area contributed by atoms with Gasteiger partial charge in [0.1, 0.15) is 5.82 Å². The molecular weight excluding hydrogens is 238 g/mol. The maximum atomic E-state index is 9.87. The van der Waals surface area contributed by atoms with Crippen molar-refractivity contribution >= 4 is 5.82 Å². The summed E-state index contributed by atoms with van der Waals surface area (Å²) in [7, 11) is 1.97. The van der Waals surface area contributed by atoms with Gasteiger partial charge in [0.2, 0.25) is 0 Å². The first-order chi connectivity index (χ1) is 8.85. The van der Waals surface area contributed by atoms with Crippen LogP contribution in [0.25, 0.3) is 0 Å². The lowest BCUT2D eigenvalue weighted by Crippen LogP contribution is -2.37. The predicted octanol–water partition coefficient (Wildman–Crippen LogP) is 1.85. The molecule has 1 aliphatic rings. The van der Waals surface area contributed by atoms with Crippen LogP contribution in [0, 0.1) is 6.92 Å². The molecule has 1 fully saturated rings. The highest BCUT2D eigenvalue weighted by Crippen LogP contribution is 2.21. The van der Waals surface area contributed by atoms with Crippen molar-refractivity contribution in [3.8, 4) is 0 Å². The zero-order valence-electron chi connectivity index (χ0n) is 12.4. The fourth-order valence-corrected chi connectivity index (χ4v) is 2.33. The molecule has 1 aromatic heterocycles. The first-order valence-corrected chi connectivity index (χ1v) is 6.97. The van der Waals surface area contributed by atoms with Crippen LogP contribution < -0.4 is 10.2 Å². The minimum absolute atomic E-state index is 0.570. The van der Waals surface area contributed by atoms with Crippen LogP contribution >= 0.6 is 0 Å². The Kier molecular flexibility index (Phi) is 4.11. The first-order valence-electron chi connectivity index (χ1n) is 6.97. The Hall–Kier alpha value is -1.13. The highest BCUT2D eigenvalue weighted by atomic mass is 16.3. The van der Waals surface area contributed by atoms with Crippen molar-refractivity contribution in [3.05, 3.63) is 23.4 Å². The number of aryl methyl sites for hydroxylation is 1. The van der Waals surface area contributed by atoms with E-state index in [2.05, 4.69) is 23.3 Å². The smallest absolute Gasteiger partial charge is 0.131 e. The molecule has 0 aliphatic heterocycles. The molecule has 0 bridgehead atoms. The molecule has 19 heavy (non-hydrogen) atoms. The summed E-state index contributed by atoms with van der Waals surface area (Å²) in [5.74, 6) is 0.942. The molecule has 2 rings (SSSR count). The van der Waals surface area contributed by atoms with Crippen molar-refractivity contribution in [3.63, 3.8) is 0 Å². The van der Waals surface area contributed by atoms with Gasteiger partial charge in [0.25, 0.3) is 0 Å². The fourth-order valence-electron chi connectivity index (χ4n) is 2.33. The summed E-state index contributed by atoms with van der Waals surface area (Å²) in [5, 5.41) is 13.4. The van der Waals surface area contributed by atoms with Gasteiger partial charge in [0.15, 0.2) is 0 Å². The first kappa shape index (κ1) is 14.3. The number of aliphatic hydroxyl groups is 1. The summed E-state index contributed by atoms with van der Waals surface area (Å²) in [6.07, 6.45) is 4.54. The molecule has 1 saturated carbocycles. The van der Waals surface area contributed by atoms with Crippen LogP contribution in [0.15, 0.2) is 12.3 Å². The van der Waals surface area contributed by atoms with Gasteiger partial charge in [-0.25, -0.2) is 4.98 Å². The molecular formula is C15H25N3O.